The Morgan fingerprint density at radius 1 is 1.21 bits per heavy atom. The van der Waals surface area contributed by atoms with E-state index in [1.807, 2.05) is 49.3 Å². The molecule has 1 aromatic carbocycles. The molecule has 196 valence electrons. The first-order valence-corrected chi connectivity index (χ1v) is 12.9. The third kappa shape index (κ3) is 4.16. The van der Waals surface area contributed by atoms with Gasteiger partial charge in [0.15, 0.2) is 0 Å². The Bertz CT molecular complexity index is 1540. The van der Waals surface area contributed by atoms with Crippen LogP contribution in [0, 0.1) is 0 Å². The van der Waals surface area contributed by atoms with Gasteiger partial charge in [0.1, 0.15) is 11.5 Å². The van der Waals surface area contributed by atoms with Crippen molar-refractivity contribution in [3.8, 4) is 11.3 Å². The Kier molecular flexibility index (Phi) is 6.03. The lowest BCUT2D eigenvalue weighted by Crippen LogP contribution is -2.51. The number of carbonyl (C=O) groups excluding carboxylic acids is 1. The van der Waals surface area contributed by atoms with Crippen LogP contribution in [0.1, 0.15) is 20.8 Å². The predicted octanol–water partition coefficient (Wildman–Crippen LogP) is 2.50. The van der Waals surface area contributed by atoms with Crippen molar-refractivity contribution < 1.29 is 4.79 Å². The number of hydrogen-bond donors (Lipinski definition) is 2. The molecule has 1 amide bonds. The fourth-order valence-corrected chi connectivity index (χ4v) is 5.33. The number of piperazine rings is 1. The highest BCUT2D eigenvalue weighted by atomic mass is 16.1. The maximum Gasteiger partial charge on any atom is 0.255 e. The number of nitrogens with one attached hydrogen (secondary N) is 2. The molecule has 1 atom stereocenters. The summed E-state index contributed by atoms with van der Waals surface area (Å²) < 4.78 is 1.61. The first-order chi connectivity index (χ1) is 18.4. The SMILES string of the molecule is CCN1CCN(c2cc(-c3n[nH]c4ccc(NC(=O)C5=C(C)N(C)c6nnnn6C5)cc34)ccn2)C[C@@H]1C. The summed E-state index contributed by atoms with van der Waals surface area (Å²) in [4.78, 5) is 24.6. The number of allylic oxidation sites excluding steroid dienone is 1. The van der Waals surface area contributed by atoms with Gasteiger partial charge in [-0.1, -0.05) is 12.0 Å². The second kappa shape index (κ2) is 9.53. The van der Waals surface area contributed by atoms with Crippen LogP contribution in [-0.2, 0) is 11.3 Å². The molecule has 0 bridgehead atoms. The number of H-pyrrole nitrogens is 1. The van der Waals surface area contributed by atoms with Gasteiger partial charge in [-0.05, 0) is 61.2 Å². The predicted molar refractivity (Wildman–Crippen MR) is 146 cm³/mol. The molecule has 2 N–H and O–H groups in total. The third-order valence-corrected chi connectivity index (χ3v) is 7.67. The van der Waals surface area contributed by atoms with E-state index in [-0.39, 0.29) is 5.91 Å². The van der Waals surface area contributed by atoms with Crippen molar-refractivity contribution in [3.63, 3.8) is 0 Å². The average molecular weight is 514 g/mol. The van der Waals surface area contributed by atoms with Crippen LogP contribution in [0.15, 0.2) is 47.8 Å². The number of amides is 1. The zero-order valence-corrected chi connectivity index (χ0v) is 22.0. The van der Waals surface area contributed by atoms with Gasteiger partial charge in [-0.25, -0.2) is 9.67 Å². The second-order valence-electron chi connectivity index (χ2n) is 9.87. The van der Waals surface area contributed by atoms with E-state index in [2.05, 4.69) is 65.7 Å². The van der Waals surface area contributed by atoms with Gasteiger partial charge in [0.25, 0.3) is 5.91 Å². The van der Waals surface area contributed by atoms with Crippen molar-refractivity contribution in [1.82, 2.24) is 40.3 Å². The van der Waals surface area contributed by atoms with Crippen LogP contribution in [0.5, 0.6) is 0 Å². The van der Waals surface area contributed by atoms with E-state index in [1.165, 1.54) is 0 Å². The number of aromatic amines is 1. The number of fused-ring (bicyclic) bond motifs is 2. The molecule has 0 radical (unpaired) electrons. The van der Waals surface area contributed by atoms with Crippen molar-refractivity contribution >= 4 is 34.3 Å². The quantitative estimate of drug-likeness (QED) is 0.414. The van der Waals surface area contributed by atoms with Gasteiger partial charge < -0.3 is 15.1 Å². The number of rotatable bonds is 5. The molecule has 2 aliphatic rings. The lowest BCUT2D eigenvalue weighted by Gasteiger charge is -2.40. The van der Waals surface area contributed by atoms with E-state index in [1.54, 1.807) is 4.68 Å². The molecule has 0 spiro atoms. The van der Waals surface area contributed by atoms with E-state index in [0.717, 1.165) is 59.9 Å². The standard InChI is InChI=1S/C26H31N11O/c1-5-35-10-11-36(14-16(35)2)23-12-18(8-9-27-23)24-20-13-19(6-7-22(20)29-30-24)28-25(38)21-15-37-26(31-32-33-37)34(4)17(21)3/h6-9,12-13,16H,5,10-11,14-15H2,1-4H3,(H,28,38)(H,29,30)/t16-/m0/s1. The number of tetrazole rings is 1. The molecule has 12 heteroatoms. The molecule has 0 saturated carbocycles. The fourth-order valence-electron chi connectivity index (χ4n) is 5.33. The Hall–Kier alpha value is -4.32. The normalized spacial score (nSPS) is 18.3. The van der Waals surface area contributed by atoms with Gasteiger partial charge in [-0.3, -0.25) is 14.8 Å². The number of anilines is 3. The molecule has 3 aromatic heterocycles. The van der Waals surface area contributed by atoms with Crippen LogP contribution in [0.3, 0.4) is 0 Å². The largest absolute Gasteiger partial charge is 0.354 e. The van der Waals surface area contributed by atoms with Crippen LogP contribution in [-0.4, -0.2) is 85.5 Å². The van der Waals surface area contributed by atoms with E-state index in [4.69, 9.17) is 0 Å². The maximum absolute atomic E-state index is 13.3. The molecule has 4 aromatic rings. The number of hydrogen-bond acceptors (Lipinski definition) is 9. The molecule has 1 fully saturated rings. The van der Waals surface area contributed by atoms with E-state index >= 15 is 0 Å². The van der Waals surface area contributed by atoms with Gasteiger partial charge in [0.05, 0.1) is 17.6 Å². The Morgan fingerprint density at radius 2 is 2.08 bits per heavy atom. The van der Waals surface area contributed by atoms with Crippen LogP contribution in [0.2, 0.25) is 0 Å². The van der Waals surface area contributed by atoms with Crippen molar-refractivity contribution in [2.24, 2.45) is 0 Å². The molecule has 12 nitrogen and oxygen atoms in total. The summed E-state index contributed by atoms with van der Waals surface area (Å²) in [5.41, 5.74) is 4.81. The molecular formula is C26H31N11O. The zero-order valence-electron chi connectivity index (χ0n) is 22.0. The summed E-state index contributed by atoms with van der Waals surface area (Å²) in [6.07, 6.45) is 1.84. The minimum Gasteiger partial charge on any atom is -0.354 e. The van der Waals surface area contributed by atoms with Gasteiger partial charge in [0.2, 0.25) is 5.95 Å². The summed E-state index contributed by atoms with van der Waals surface area (Å²) in [5, 5.41) is 23.5. The number of benzene rings is 1. The number of nitrogens with zero attached hydrogens (tertiary/aromatic N) is 9. The molecule has 0 unspecified atom stereocenters. The Morgan fingerprint density at radius 3 is 2.89 bits per heavy atom. The van der Waals surface area contributed by atoms with Gasteiger partial charge >= 0.3 is 0 Å². The number of pyridine rings is 1. The molecular weight excluding hydrogens is 482 g/mol. The first kappa shape index (κ1) is 24.0. The Labute approximate surface area is 220 Å². The number of carbonyl (C=O) groups is 1. The van der Waals surface area contributed by atoms with E-state index < -0.39 is 0 Å². The average Bonchev–Trinajstić information content (AvgIpc) is 3.58. The first-order valence-electron chi connectivity index (χ1n) is 12.9. The highest BCUT2D eigenvalue weighted by molar-refractivity contribution is 6.06. The lowest BCUT2D eigenvalue weighted by molar-refractivity contribution is -0.113. The summed E-state index contributed by atoms with van der Waals surface area (Å²) in [5.74, 6) is 1.38. The van der Waals surface area contributed by atoms with Gasteiger partial charge in [-0.15, -0.1) is 0 Å². The molecule has 38 heavy (non-hydrogen) atoms. The van der Waals surface area contributed by atoms with Crippen LogP contribution in [0.4, 0.5) is 17.5 Å². The summed E-state index contributed by atoms with van der Waals surface area (Å²) in [6, 6.07) is 10.3. The van der Waals surface area contributed by atoms with Crippen LogP contribution in [0.25, 0.3) is 22.2 Å². The maximum atomic E-state index is 13.3. The minimum absolute atomic E-state index is 0.188. The minimum atomic E-state index is -0.188. The summed E-state index contributed by atoms with van der Waals surface area (Å²) in [6.45, 7) is 10.7. The lowest BCUT2D eigenvalue weighted by atomic mass is 10.1. The van der Waals surface area contributed by atoms with Crippen LogP contribution < -0.4 is 15.1 Å². The Balaban J connectivity index is 1.25. The molecule has 0 aliphatic carbocycles. The van der Waals surface area contributed by atoms with Crippen molar-refractivity contribution in [1.29, 1.82) is 0 Å². The van der Waals surface area contributed by atoms with Crippen molar-refractivity contribution in [2.75, 3.05) is 48.3 Å². The highest BCUT2D eigenvalue weighted by Crippen LogP contribution is 2.31. The molecule has 1 saturated heterocycles. The highest BCUT2D eigenvalue weighted by Gasteiger charge is 2.27. The van der Waals surface area contributed by atoms with Crippen LogP contribution >= 0.6 is 0 Å². The van der Waals surface area contributed by atoms with Crippen molar-refractivity contribution in [2.45, 2.75) is 33.4 Å². The third-order valence-electron chi connectivity index (χ3n) is 7.67. The zero-order chi connectivity index (χ0) is 26.4. The smallest absolute Gasteiger partial charge is 0.255 e. The van der Waals surface area contributed by atoms with E-state index in [9.17, 15) is 4.79 Å². The monoisotopic (exact) mass is 513 g/mol. The molecule has 2 aliphatic heterocycles. The summed E-state index contributed by atoms with van der Waals surface area (Å²) >= 11 is 0. The van der Waals surface area contributed by atoms with E-state index in [0.29, 0.717) is 29.8 Å². The topological polar surface area (TPSA) is 124 Å². The number of likely N-dealkylation sites (N-methyl/N-ethyl adjacent to an activating group) is 1. The molecule has 5 heterocycles. The van der Waals surface area contributed by atoms with Gasteiger partial charge in [-0.2, -0.15) is 5.10 Å². The summed E-state index contributed by atoms with van der Waals surface area (Å²) in [7, 11) is 1.85. The molecule has 6 rings (SSSR count). The van der Waals surface area contributed by atoms with Gasteiger partial charge in [0, 0.05) is 61.3 Å². The fraction of sp³-hybridized carbons (Fsp3) is 0.385. The second-order valence-corrected chi connectivity index (χ2v) is 9.87. The van der Waals surface area contributed by atoms with Crippen molar-refractivity contribution in [3.05, 3.63) is 47.8 Å². The number of aromatic nitrogens is 7.